The number of amides is 1. The number of carbonyl (C=O) groups is 1. The van der Waals surface area contributed by atoms with Crippen LogP contribution >= 0.6 is 0 Å². The van der Waals surface area contributed by atoms with Crippen molar-refractivity contribution < 1.29 is 14.6 Å². The van der Waals surface area contributed by atoms with Gasteiger partial charge in [0.2, 0.25) is 0 Å². The van der Waals surface area contributed by atoms with Crippen LogP contribution in [0.2, 0.25) is 0 Å². The Hall–Kier alpha value is -2.66. The van der Waals surface area contributed by atoms with Crippen LogP contribution in [0.1, 0.15) is 17.2 Å². The molecule has 0 saturated carbocycles. The maximum Gasteiger partial charge on any atom is 0.273 e. The lowest BCUT2D eigenvalue weighted by Crippen LogP contribution is -2.25. The number of hydrazone groups is 1. The lowest BCUT2D eigenvalue weighted by molar-refractivity contribution is -0.129. The van der Waals surface area contributed by atoms with Gasteiger partial charge in [-0.15, -0.1) is 0 Å². The number of aliphatic hydroxyl groups is 1. The van der Waals surface area contributed by atoms with E-state index in [1.165, 1.54) is 6.21 Å². The molecule has 0 aliphatic carbocycles. The summed E-state index contributed by atoms with van der Waals surface area (Å²) in [5.74, 6) is 0.120. The van der Waals surface area contributed by atoms with Gasteiger partial charge in [0, 0.05) is 0 Å². The summed E-state index contributed by atoms with van der Waals surface area (Å²) in [4.78, 5) is 11.8. The van der Waals surface area contributed by atoms with E-state index in [0.717, 1.165) is 5.56 Å². The third-order valence-electron chi connectivity index (χ3n) is 2.85. The van der Waals surface area contributed by atoms with Crippen molar-refractivity contribution >= 4 is 12.1 Å². The molecule has 1 unspecified atom stereocenters. The minimum Gasteiger partial charge on any atom is -0.497 e. The first kappa shape index (κ1) is 14.7. The standard InChI is InChI=1S/C16H16N2O3/c1-21-14-9-5-6-12(10-14)11-17-18-16(20)15(19)13-7-3-2-4-8-13/h2-11,15,19H,1H3,(H,18,20)/b17-11+. The van der Waals surface area contributed by atoms with Gasteiger partial charge in [-0.3, -0.25) is 4.79 Å². The van der Waals surface area contributed by atoms with Gasteiger partial charge in [-0.25, -0.2) is 5.43 Å². The second kappa shape index (κ2) is 7.21. The van der Waals surface area contributed by atoms with E-state index in [2.05, 4.69) is 10.5 Å². The lowest BCUT2D eigenvalue weighted by Gasteiger charge is -2.08. The number of carbonyl (C=O) groups excluding carboxylic acids is 1. The summed E-state index contributed by atoms with van der Waals surface area (Å²) in [5.41, 5.74) is 3.61. The number of nitrogens with zero attached hydrogens (tertiary/aromatic N) is 1. The smallest absolute Gasteiger partial charge is 0.273 e. The summed E-state index contributed by atoms with van der Waals surface area (Å²) in [6, 6.07) is 15.9. The molecule has 0 saturated heterocycles. The highest BCUT2D eigenvalue weighted by atomic mass is 16.5. The van der Waals surface area contributed by atoms with Gasteiger partial charge in [-0.2, -0.15) is 5.10 Å². The Morgan fingerprint density at radius 1 is 1.24 bits per heavy atom. The second-order valence-corrected chi connectivity index (χ2v) is 4.32. The van der Waals surface area contributed by atoms with Crippen molar-refractivity contribution in [3.05, 3.63) is 65.7 Å². The van der Waals surface area contributed by atoms with Gasteiger partial charge in [0.1, 0.15) is 5.75 Å². The SMILES string of the molecule is COc1cccc(/C=N/NC(=O)C(O)c2ccccc2)c1. The van der Waals surface area contributed by atoms with E-state index in [0.29, 0.717) is 11.3 Å². The van der Waals surface area contributed by atoms with Crippen LogP contribution in [0.25, 0.3) is 0 Å². The topological polar surface area (TPSA) is 70.9 Å². The Balaban J connectivity index is 1.95. The van der Waals surface area contributed by atoms with Crippen LogP contribution in [-0.2, 0) is 4.79 Å². The van der Waals surface area contributed by atoms with Crippen molar-refractivity contribution in [3.8, 4) is 5.75 Å². The molecule has 0 spiro atoms. The van der Waals surface area contributed by atoms with Gasteiger partial charge in [-0.1, -0.05) is 42.5 Å². The van der Waals surface area contributed by atoms with Crippen molar-refractivity contribution in [2.45, 2.75) is 6.10 Å². The van der Waals surface area contributed by atoms with E-state index in [4.69, 9.17) is 4.74 Å². The molecule has 1 atom stereocenters. The van der Waals surface area contributed by atoms with Crippen molar-refractivity contribution in [1.29, 1.82) is 0 Å². The van der Waals surface area contributed by atoms with Crippen molar-refractivity contribution in [2.24, 2.45) is 5.10 Å². The molecule has 21 heavy (non-hydrogen) atoms. The van der Waals surface area contributed by atoms with Crippen LogP contribution in [0.15, 0.2) is 59.7 Å². The van der Waals surface area contributed by atoms with Crippen molar-refractivity contribution in [2.75, 3.05) is 7.11 Å². The highest BCUT2D eigenvalue weighted by molar-refractivity contribution is 5.85. The molecule has 2 aromatic carbocycles. The molecule has 0 aliphatic rings. The fraction of sp³-hybridized carbons (Fsp3) is 0.125. The lowest BCUT2D eigenvalue weighted by atomic mass is 10.1. The summed E-state index contributed by atoms with van der Waals surface area (Å²) in [5, 5.41) is 13.7. The zero-order chi connectivity index (χ0) is 15.1. The fourth-order valence-corrected chi connectivity index (χ4v) is 1.74. The van der Waals surface area contributed by atoms with Crippen LogP contribution < -0.4 is 10.2 Å². The molecule has 1 amide bonds. The fourth-order valence-electron chi connectivity index (χ4n) is 1.74. The number of nitrogens with one attached hydrogen (secondary N) is 1. The number of hydrogen-bond acceptors (Lipinski definition) is 4. The molecule has 108 valence electrons. The Morgan fingerprint density at radius 3 is 2.71 bits per heavy atom. The van der Waals surface area contributed by atoms with Gasteiger partial charge in [0.05, 0.1) is 13.3 Å². The highest BCUT2D eigenvalue weighted by Crippen LogP contribution is 2.12. The zero-order valence-corrected chi connectivity index (χ0v) is 11.6. The van der Waals surface area contributed by atoms with E-state index in [1.54, 1.807) is 37.4 Å². The van der Waals surface area contributed by atoms with Gasteiger partial charge in [-0.05, 0) is 23.3 Å². The minimum absolute atomic E-state index is 0.520. The molecule has 5 nitrogen and oxygen atoms in total. The van der Waals surface area contributed by atoms with Gasteiger partial charge in [0.25, 0.3) is 5.91 Å². The van der Waals surface area contributed by atoms with E-state index in [1.807, 2.05) is 24.3 Å². The maximum absolute atomic E-state index is 11.8. The average Bonchev–Trinajstić information content (AvgIpc) is 2.55. The van der Waals surface area contributed by atoms with Crippen LogP contribution in [0.4, 0.5) is 0 Å². The molecular weight excluding hydrogens is 268 g/mol. The first-order valence-corrected chi connectivity index (χ1v) is 6.40. The number of hydrogen-bond donors (Lipinski definition) is 2. The second-order valence-electron chi connectivity index (χ2n) is 4.32. The van der Waals surface area contributed by atoms with Crippen molar-refractivity contribution in [1.82, 2.24) is 5.43 Å². The maximum atomic E-state index is 11.8. The Morgan fingerprint density at radius 2 is 2.00 bits per heavy atom. The predicted octanol–water partition coefficient (Wildman–Crippen LogP) is 1.88. The largest absolute Gasteiger partial charge is 0.497 e. The van der Waals surface area contributed by atoms with Gasteiger partial charge in [0.15, 0.2) is 6.10 Å². The van der Waals surface area contributed by atoms with Crippen molar-refractivity contribution in [3.63, 3.8) is 0 Å². The number of aliphatic hydroxyl groups excluding tert-OH is 1. The van der Waals surface area contributed by atoms with Crippen LogP contribution in [-0.4, -0.2) is 24.3 Å². The van der Waals surface area contributed by atoms with Gasteiger partial charge < -0.3 is 9.84 Å². The Bertz CT molecular complexity index is 626. The predicted molar refractivity (Wildman–Crippen MR) is 80.1 cm³/mol. The summed E-state index contributed by atoms with van der Waals surface area (Å²) in [6.45, 7) is 0. The molecule has 5 heteroatoms. The monoisotopic (exact) mass is 284 g/mol. The van der Waals surface area contributed by atoms with Crippen LogP contribution in [0.3, 0.4) is 0 Å². The normalized spacial score (nSPS) is 12.1. The summed E-state index contributed by atoms with van der Waals surface area (Å²) in [7, 11) is 1.58. The quantitative estimate of drug-likeness (QED) is 0.650. The number of methoxy groups -OCH3 is 1. The first-order chi connectivity index (χ1) is 10.2. The van der Waals surface area contributed by atoms with Gasteiger partial charge >= 0.3 is 0 Å². The molecular formula is C16H16N2O3. The molecule has 2 aromatic rings. The highest BCUT2D eigenvalue weighted by Gasteiger charge is 2.15. The molecule has 0 fully saturated rings. The molecule has 2 N–H and O–H groups in total. The first-order valence-electron chi connectivity index (χ1n) is 6.40. The Labute approximate surface area is 122 Å². The summed E-state index contributed by atoms with van der Waals surface area (Å²) >= 11 is 0. The molecule has 0 bridgehead atoms. The third kappa shape index (κ3) is 4.15. The number of rotatable bonds is 5. The zero-order valence-electron chi connectivity index (χ0n) is 11.6. The van der Waals surface area contributed by atoms with E-state index >= 15 is 0 Å². The van der Waals surface area contributed by atoms with Crippen LogP contribution in [0.5, 0.6) is 5.75 Å². The molecule has 2 rings (SSSR count). The average molecular weight is 284 g/mol. The van der Waals surface area contributed by atoms with E-state index in [9.17, 15) is 9.90 Å². The van der Waals surface area contributed by atoms with Crippen LogP contribution in [0, 0.1) is 0 Å². The molecule has 0 aromatic heterocycles. The van der Waals surface area contributed by atoms with E-state index in [-0.39, 0.29) is 0 Å². The number of ether oxygens (including phenoxy) is 1. The molecule has 0 radical (unpaired) electrons. The molecule has 0 heterocycles. The summed E-state index contributed by atoms with van der Waals surface area (Å²) < 4.78 is 5.09. The Kier molecular flexibility index (Phi) is 5.06. The van der Waals surface area contributed by atoms with E-state index < -0.39 is 12.0 Å². The molecule has 0 aliphatic heterocycles. The minimum atomic E-state index is -1.24. The summed E-state index contributed by atoms with van der Waals surface area (Å²) in [6.07, 6.45) is 0.242. The third-order valence-corrected chi connectivity index (χ3v) is 2.85. The number of benzene rings is 2.